The standard InChI is InChI=1S/C15H16ClFN2/c16-15-10-13(17)7-6-12(15)9-14(19-18)8-11-4-2-1-3-5-11/h1-7,10,14,19H,8-9,18H2. The van der Waals surface area contributed by atoms with Gasteiger partial charge in [0, 0.05) is 11.1 Å². The van der Waals surface area contributed by atoms with E-state index in [9.17, 15) is 4.39 Å². The number of rotatable bonds is 5. The van der Waals surface area contributed by atoms with Crippen LogP contribution in [0.2, 0.25) is 5.02 Å². The van der Waals surface area contributed by atoms with Crippen molar-refractivity contribution in [1.82, 2.24) is 5.43 Å². The lowest BCUT2D eigenvalue weighted by atomic mass is 9.99. The van der Waals surface area contributed by atoms with Crippen molar-refractivity contribution >= 4 is 11.6 Å². The number of nitrogens with one attached hydrogen (secondary N) is 1. The highest BCUT2D eigenvalue weighted by atomic mass is 35.5. The van der Waals surface area contributed by atoms with E-state index in [0.29, 0.717) is 11.4 Å². The second-order valence-electron chi connectivity index (χ2n) is 4.49. The van der Waals surface area contributed by atoms with Gasteiger partial charge >= 0.3 is 0 Å². The Balaban J connectivity index is 2.06. The molecule has 0 aliphatic heterocycles. The number of nitrogens with two attached hydrogens (primary N) is 1. The van der Waals surface area contributed by atoms with Crippen molar-refractivity contribution in [2.45, 2.75) is 18.9 Å². The van der Waals surface area contributed by atoms with Crippen molar-refractivity contribution in [1.29, 1.82) is 0 Å². The molecule has 2 nitrogen and oxygen atoms in total. The molecule has 0 bridgehead atoms. The zero-order chi connectivity index (χ0) is 13.7. The summed E-state index contributed by atoms with van der Waals surface area (Å²) < 4.78 is 13.0. The lowest BCUT2D eigenvalue weighted by Gasteiger charge is -2.17. The van der Waals surface area contributed by atoms with Crippen LogP contribution in [-0.4, -0.2) is 6.04 Å². The highest BCUT2D eigenvalue weighted by molar-refractivity contribution is 6.31. The highest BCUT2D eigenvalue weighted by Gasteiger charge is 2.11. The fourth-order valence-corrected chi connectivity index (χ4v) is 2.29. The van der Waals surface area contributed by atoms with E-state index in [-0.39, 0.29) is 11.9 Å². The second-order valence-corrected chi connectivity index (χ2v) is 4.90. The lowest BCUT2D eigenvalue weighted by molar-refractivity contribution is 0.522. The van der Waals surface area contributed by atoms with E-state index in [1.165, 1.54) is 17.7 Å². The van der Waals surface area contributed by atoms with Crippen LogP contribution in [-0.2, 0) is 12.8 Å². The summed E-state index contributed by atoms with van der Waals surface area (Å²) in [4.78, 5) is 0. The summed E-state index contributed by atoms with van der Waals surface area (Å²) in [5, 5.41) is 0.438. The Bertz CT molecular complexity index is 531. The topological polar surface area (TPSA) is 38.0 Å². The minimum atomic E-state index is -0.325. The first kappa shape index (κ1) is 14.0. The molecule has 3 N–H and O–H groups in total. The molecule has 0 saturated carbocycles. The molecule has 0 amide bonds. The SMILES string of the molecule is NNC(Cc1ccccc1)Cc1ccc(F)cc1Cl. The van der Waals surface area contributed by atoms with Crippen LogP contribution in [0.5, 0.6) is 0 Å². The molecule has 0 aliphatic carbocycles. The molecule has 2 aromatic carbocycles. The molecule has 100 valence electrons. The Labute approximate surface area is 117 Å². The Morgan fingerprint density at radius 2 is 1.84 bits per heavy atom. The lowest BCUT2D eigenvalue weighted by Crippen LogP contribution is -2.38. The van der Waals surface area contributed by atoms with Crippen molar-refractivity contribution in [2.75, 3.05) is 0 Å². The third-order valence-electron chi connectivity index (χ3n) is 3.04. The molecule has 0 spiro atoms. The molecule has 2 rings (SSSR count). The van der Waals surface area contributed by atoms with Gasteiger partial charge in [-0.2, -0.15) is 0 Å². The molecule has 0 aliphatic rings. The maximum atomic E-state index is 13.0. The quantitative estimate of drug-likeness (QED) is 0.651. The van der Waals surface area contributed by atoms with E-state index in [1.807, 2.05) is 18.2 Å². The van der Waals surface area contributed by atoms with Gasteiger partial charge in [-0.05, 0) is 36.1 Å². The van der Waals surface area contributed by atoms with Crippen LogP contribution >= 0.6 is 11.6 Å². The Morgan fingerprint density at radius 3 is 2.47 bits per heavy atom. The van der Waals surface area contributed by atoms with Crippen LogP contribution in [0.25, 0.3) is 0 Å². The van der Waals surface area contributed by atoms with Gasteiger partial charge in [-0.3, -0.25) is 11.3 Å². The number of halogens is 2. The van der Waals surface area contributed by atoms with Gasteiger partial charge in [0.2, 0.25) is 0 Å². The first-order valence-electron chi connectivity index (χ1n) is 6.13. The predicted octanol–water partition coefficient (Wildman–Crippen LogP) is 3.10. The summed E-state index contributed by atoms with van der Waals surface area (Å²) in [5.41, 5.74) is 4.88. The maximum absolute atomic E-state index is 13.0. The number of hydrogen-bond donors (Lipinski definition) is 2. The largest absolute Gasteiger partial charge is 0.271 e. The van der Waals surface area contributed by atoms with Crippen LogP contribution in [0.3, 0.4) is 0 Å². The zero-order valence-electron chi connectivity index (χ0n) is 10.4. The minimum Gasteiger partial charge on any atom is -0.271 e. The number of hydrazine groups is 1. The summed E-state index contributed by atoms with van der Waals surface area (Å²) in [6.07, 6.45) is 1.45. The van der Waals surface area contributed by atoms with E-state index < -0.39 is 0 Å². The Morgan fingerprint density at radius 1 is 1.11 bits per heavy atom. The third kappa shape index (κ3) is 4.03. The molecule has 0 heterocycles. The molecule has 1 atom stereocenters. The van der Waals surface area contributed by atoms with Gasteiger partial charge in [-0.1, -0.05) is 48.0 Å². The molecular weight excluding hydrogens is 263 g/mol. The van der Waals surface area contributed by atoms with Gasteiger partial charge in [0.25, 0.3) is 0 Å². The average molecular weight is 279 g/mol. The summed E-state index contributed by atoms with van der Waals surface area (Å²) in [7, 11) is 0. The second kappa shape index (κ2) is 6.66. The number of hydrogen-bond acceptors (Lipinski definition) is 2. The molecule has 0 radical (unpaired) electrons. The van der Waals surface area contributed by atoms with Gasteiger partial charge in [0.15, 0.2) is 0 Å². The first-order valence-corrected chi connectivity index (χ1v) is 6.51. The summed E-state index contributed by atoms with van der Waals surface area (Å²) in [5.74, 6) is 5.26. The molecule has 0 aromatic heterocycles. The normalized spacial score (nSPS) is 12.4. The molecule has 19 heavy (non-hydrogen) atoms. The van der Waals surface area contributed by atoms with Crippen molar-refractivity contribution in [3.63, 3.8) is 0 Å². The van der Waals surface area contributed by atoms with Gasteiger partial charge in [0.05, 0.1) is 0 Å². The van der Waals surface area contributed by atoms with E-state index in [0.717, 1.165) is 12.0 Å². The van der Waals surface area contributed by atoms with Gasteiger partial charge in [0.1, 0.15) is 5.82 Å². The van der Waals surface area contributed by atoms with E-state index >= 15 is 0 Å². The summed E-state index contributed by atoms with van der Waals surface area (Å²) >= 11 is 6.02. The van der Waals surface area contributed by atoms with Gasteiger partial charge in [-0.15, -0.1) is 0 Å². The maximum Gasteiger partial charge on any atom is 0.124 e. The fraction of sp³-hybridized carbons (Fsp3) is 0.200. The molecule has 1 unspecified atom stereocenters. The highest BCUT2D eigenvalue weighted by Crippen LogP contribution is 2.19. The molecular formula is C15H16ClFN2. The third-order valence-corrected chi connectivity index (χ3v) is 3.39. The van der Waals surface area contributed by atoms with E-state index in [1.54, 1.807) is 6.07 Å². The smallest absolute Gasteiger partial charge is 0.124 e. The first-order chi connectivity index (χ1) is 9.19. The van der Waals surface area contributed by atoms with Crippen molar-refractivity contribution in [3.8, 4) is 0 Å². The minimum absolute atomic E-state index is 0.0605. The Kier molecular flexibility index (Phi) is 4.91. The van der Waals surface area contributed by atoms with Crippen molar-refractivity contribution < 1.29 is 4.39 Å². The Hall–Kier alpha value is -1.42. The summed E-state index contributed by atoms with van der Waals surface area (Å²) in [6.45, 7) is 0. The van der Waals surface area contributed by atoms with E-state index in [4.69, 9.17) is 17.4 Å². The average Bonchev–Trinajstić information content (AvgIpc) is 2.42. The summed E-state index contributed by atoms with van der Waals surface area (Å²) in [6, 6.07) is 14.6. The van der Waals surface area contributed by atoms with Gasteiger partial charge < -0.3 is 0 Å². The molecule has 0 saturated heterocycles. The van der Waals surface area contributed by atoms with Crippen LogP contribution < -0.4 is 11.3 Å². The van der Waals surface area contributed by atoms with Crippen LogP contribution in [0.4, 0.5) is 4.39 Å². The van der Waals surface area contributed by atoms with E-state index in [2.05, 4.69) is 17.6 Å². The van der Waals surface area contributed by atoms with Gasteiger partial charge in [-0.25, -0.2) is 4.39 Å². The molecule has 2 aromatic rings. The van der Waals surface area contributed by atoms with Crippen LogP contribution in [0, 0.1) is 5.82 Å². The molecule has 0 fully saturated rings. The van der Waals surface area contributed by atoms with Crippen LogP contribution in [0.15, 0.2) is 48.5 Å². The predicted molar refractivity (Wildman–Crippen MR) is 76.4 cm³/mol. The van der Waals surface area contributed by atoms with Crippen molar-refractivity contribution in [3.05, 3.63) is 70.5 Å². The number of benzene rings is 2. The van der Waals surface area contributed by atoms with Crippen LogP contribution in [0.1, 0.15) is 11.1 Å². The monoisotopic (exact) mass is 278 g/mol. The fourth-order valence-electron chi connectivity index (χ4n) is 2.04. The van der Waals surface area contributed by atoms with Crippen molar-refractivity contribution in [2.24, 2.45) is 5.84 Å². The molecule has 4 heteroatoms. The zero-order valence-corrected chi connectivity index (χ0v) is 11.2.